The van der Waals surface area contributed by atoms with E-state index in [0.717, 1.165) is 24.3 Å². The van der Waals surface area contributed by atoms with E-state index in [0.29, 0.717) is 23.3 Å². The number of hydrogen-bond acceptors (Lipinski definition) is 12. The van der Waals surface area contributed by atoms with E-state index in [2.05, 4.69) is 0 Å². The Labute approximate surface area is 293 Å². The van der Waals surface area contributed by atoms with Gasteiger partial charge in [-0.05, 0) is 35.4 Å². The molecule has 0 aliphatic heterocycles. The van der Waals surface area contributed by atoms with Crippen LogP contribution in [0.2, 0.25) is 20.1 Å². The molecular formula is C29H16Cl4N4O12. The summed E-state index contributed by atoms with van der Waals surface area (Å²) in [5.74, 6) is -3.12. The van der Waals surface area contributed by atoms with Crippen LogP contribution in [0.1, 0.15) is 45.7 Å². The highest BCUT2D eigenvalue weighted by atomic mass is 35.5. The Balaban J connectivity index is 1.63. The van der Waals surface area contributed by atoms with Crippen LogP contribution in [0.25, 0.3) is 0 Å². The zero-order valence-electron chi connectivity index (χ0n) is 24.5. The Morgan fingerprint density at radius 1 is 0.510 bits per heavy atom. The third-order valence-corrected chi connectivity index (χ3v) is 8.07. The van der Waals surface area contributed by atoms with Crippen LogP contribution in [0, 0.1) is 40.5 Å². The van der Waals surface area contributed by atoms with Crippen LogP contribution >= 0.6 is 46.4 Å². The summed E-state index contributed by atoms with van der Waals surface area (Å²) in [6.45, 7) is 3.41. The summed E-state index contributed by atoms with van der Waals surface area (Å²) in [4.78, 5) is 66.8. The molecular weight excluding hydrogens is 738 g/mol. The summed E-state index contributed by atoms with van der Waals surface area (Å²) in [5, 5.41) is 44.1. The van der Waals surface area contributed by atoms with Gasteiger partial charge in [0, 0.05) is 29.7 Å². The Bertz CT molecular complexity index is 1870. The smallest absolute Gasteiger partial charge is 0.344 e. The Morgan fingerprint density at radius 3 is 0.980 bits per heavy atom. The van der Waals surface area contributed by atoms with Crippen LogP contribution < -0.4 is 9.47 Å². The van der Waals surface area contributed by atoms with Gasteiger partial charge in [-0.15, -0.1) is 0 Å². The standard InChI is InChI=1S/C29H16Cl4N4O12/c1-29(2,15-7-21(30)25(22(31)8-15)48-27(38)13-3-17(34(40)41)11-18(4-13)35(42)43)16-9-23(32)26(24(33)10-16)49-28(39)14-5-19(36(44)45)12-20(6-14)37(46)47/h3-12H,1-2H3. The number of benzene rings is 4. The van der Waals surface area contributed by atoms with Gasteiger partial charge in [0.15, 0.2) is 11.5 Å². The molecule has 0 unspecified atom stereocenters. The maximum Gasteiger partial charge on any atom is 0.344 e. The van der Waals surface area contributed by atoms with Crippen molar-refractivity contribution in [3.05, 3.63) is 143 Å². The van der Waals surface area contributed by atoms with Gasteiger partial charge in [0.05, 0.1) is 63.0 Å². The van der Waals surface area contributed by atoms with E-state index in [9.17, 15) is 50.0 Å². The van der Waals surface area contributed by atoms with Crippen molar-refractivity contribution in [2.45, 2.75) is 19.3 Å². The van der Waals surface area contributed by atoms with Gasteiger partial charge in [-0.25, -0.2) is 9.59 Å². The van der Waals surface area contributed by atoms with E-state index in [1.54, 1.807) is 13.8 Å². The number of carbonyl (C=O) groups is 2. The summed E-state index contributed by atoms with van der Waals surface area (Å²) in [6, 6.07) is 10.0. The molecule has 0 radical (unpaired) electrons. The Hall–Kier alpha value is -5.42. The fourth-order valence-electron chi connectivity index (χ4n) is 4.35. The molecule has 0 saturated heterocycles. The lowest BCUT2D eigenvalue weighted by Crippen LogP contribution is -2.20. The van der Waals surface area contributed by atoms with Gasteiger partial charge >= 0.3 is 11.9 Å². The number of non-ortho nitro benzene ring substituents is 4. The van der Waals surface area contributed by atoms with Gasteiger partial charge in [0.2, 0.25) is 0 Å². The number of esters is 2. The van der Waals surface area contributed by atoms with E-state index >= 15 is 0 Å². The first-order chi connectivity index (χ1) is 22.8. The van der Waals surface area contributed by atoms with Gasteiger partial charge in [-0.1, -0.05) is 60.3 Å². The number of nitro benzene ring substituents is 4. The van der Waals surface area contributed by atoms with Crippen LogP contribution in [-0.2, 0) is 5.41 Å². The highest BCUT2D eigenvalue weighted by Gasteiger charge is 2.30. The van der Waals surface area contributed by atoms with Gasteiger partial charge in [0.25, 0.3) is 22.7 Å². The molecule has 0 aromatic heterocycles. The highest BCUT2D eigenvalue weighted by molar-refractivity contribution is 6.38. The summed E-state index contributed by atoms with van der Waals surface area (Å²) in [7, 11) is 0. The van der Waals surface area contributed by atoms with Crippen LogP contribution in [-0.4, -0.2) is 31.6 Å². The van der Waals surface area contributed by atoms with Crippen molar-refractivity contribution in [3.63, 3.8) is 0 Å². The minimum Gasteiger partial charge on any atom is -0.420 e. The Kier molecular flexibility index (Phi) is 10.4. The molecule has 0 N–H and O–H groups in total. The van der Waals surface area contributed by atoms with Crippen LogP contribution in [0.5, 0.6) is 11.5 Å². The monoisotopic (exact) mass is 752 g/mol. The molecule has 252 valence electrons. The summed E-state index contributed by atoms with van der Waals surface area (Å²) in [6.07, 6.45) is 0. The summed E-state index contributed by atoms with van der Waals surface area (Å²) >= 11 is 25.7. The fourth-order valence-corrected chi connectivity index (χ4v) is 5.48. The van der Waals surface area contributed by atoms with E-state index in [4.69, 9.17) is 55.9 Å². The van der Waals surface area contributed by atoms with Gasteiger partial charge in [-0.3, -0.25) is 40.5 Å². The molecule has 0 fully saturated rings. The van der Waals surface area contributed by atoms with E-state index in [-0.39, 0.29) is 31.6 Å². The third-order valence-electron chi connectivity index (χ3n) is 6.95. The molecule has 0 aliphatic carbocycles. The predicted molar refractivity (Wildman–Crippen MR) is 174 cm³/mol. The van der Waals surface area contributed by atoms with Crippen LogP contribution in [0.15, 0.2) is 60.7 Å². The summed E-state index contributed by atoms with van der Waals surface area (Å²) < 4.78 is 10.5. The molecule has 0 aliphatic rings. The number of rotatable bonds is 10. The molecule has 4 rings (SSSR count). The molecule has 0 saturated carbocycles. The molecule has 16 nitrogen and oxygen atoms in total. The number of ether oxygens (including phenoxy) is 2. The largest absolute Gasteiger partial charge is 0.420 e. The number of carbonyl (C=O) groups excluding carboxylic acids is 2. The lowest BCUT2D eigenvalue weighted by atomic mass is 9.78. The van der Waals surface area contributed by atoms with Gasteiger partial charge in [0.1, 0.15) is 0 Å². The highest BCUT2D eigenvalue weighted by Crippen LogP contribution is 2.44. The SMILES string of the molecule is CC(C)(c1cc(Cl)c(OC(=O)c2cc([N+](=O)[O-])cc([N+](=O)[O-])c2)c(Cl)c1)c1cc(Cl)c(OC(=O)c2cc([N+](=O)[O-])cc([N+](=O)[O-])c2)c(Cl)c1. The molecule has 20 heteroatoms. The molecule has 0 heterocycles. The maximum absolute atomic E-state index is 12.8. The van der Waals surface area contributed by atoms with Crippen LogP contribution in [0.3, 0.4) is 0 Å². The zero-order valence-corrected chi connectivity index (χ0v) is 27.5. The number of halogens is 4. The van der Waals surface area contributed by atoms with Crippen molar-refractivity contribution >= 4 is 81.1 Å². The van der Waals surface area contributed by atoms with Crippen molar-refractivity contribution < 1.29 is 38.8 Å². The van der Waals surface area contributed by atoms with E-state index < -0.39 is 70.9 Å². The minimum absolute atomic E-state index is 0.183. The average molecular weight is 754 g/mol. The zero-order chi connectivity index (χ0) is 36.5. The minimum atomic E-state index is -1.22. The molecule has 4 aromatic rings. The first-order valence-electron chi connectivity index (χ1n) is 13.1. The van der Waals surface area contributed by atoms with Crippen LogP contribution in [0.4, 0.5) is 22.7 Å². The third kappa shape index (κ3) is 7.84. The normalized spacial score (nSPS) is 11.1. The molecule has 4 aromatic carbocycles. The Morgan fingerprint density at radius 2 is 0.755 bits per heavy atom. The molecule has 0 atom stereocenters. The van der Waals surface area contributed by atoms with Crippen molar-refractivity contribution in [2.24, 2.45) is 0 Å². The first kappa shape index (κ1) is 36.4. The second-order valence-corrected chi connectivity index (χ2v) is 12.1. The van der Waals surface area contributed by atoms with E-state index in [1.807, 2.05) is 0 Å². The van der Waals surface area contributed by atoms with Crippen molar-refractivity contribution in [3.8, 4) is 11.5 Å². The number of nitro groups is 4. The second-order valence-electron chi connectivity index (χ2n) is 10.4. The quantitative estimate of drug-likeness (QED) is 0.0641. The lowest BCUT2D eigenvalue weighted by Gasteiger charge is -2.28. The second kappa shape index (κ2) is 14.0. The average Bonchev–Trinajstić information content (AvgIpc) is 3.03. The molecule has 0 bridgehead atoms. The predicted octanol–water partition coefficient (Wildman–Crippen LogP) is 8.70. The van der Waals surface area contributed by atoms with Crippen molar-refractivity contribution in [1.29, 1.82) is 0 Å². The molecule has 0 spiro atoms. The lowest BCUT2D eigenvalue weighted by molar-refractivity contribution is -0.394. The van der Waals surface area contributed by atoms with Crippen molar-refractivity contribution in [2.75, 3.05) is 0 Å². The maximum atomic E-state index is 12.8. The van der Waals surface area contributed by atoms with E-state index in [1.165, 1.54) is 24.3 Å². The topological polar surface area (TPSA) is 225 Å². The van der Waals surface area contributed by atoms with Crippen molar-refractivity contribution in [1.82, 2.24) is 0 Å². The summed E-state index contributed by atoms with van der Waals surface area (Å²) in [5.41, 5.74) is -4.06. The fraction of sp³-hybridized carbons (Fsp3) is 0.103. The molecule has 49 heavy (non-hydrogen) atoms. The molecule has 0 amide bonds. The number of nitrogens with zero attached hydrogens (tertiary/aromatic N) is 4. The number of hydrogen-bond donors (Lipinski definition) is 0. The van der Waals surface area contributed by atoms with Gasteiger partial charge in [-0.2, -0.15) is 0 Å². The first-order valence-corrected chi connectivity index (χ1v) is 14.6. The van der Waals surface area contributed by atoms with Gasteiger partial charge < -0.3 is 9.47 Å².